The molecular weight excluding hydrogens is 264 g/mol. The summed E-state index contributed by atoms with van der Waals surface area (Å²) in [5.41, 5.74) is -0.424. The predicted molar refractivity (Wildman–Crippen MR) is 69.4 cm³/mol. The maximum absolute atomic E-state index is 10.1. The van der Waals surface area contributed by atoms with Crippen molar-refractivity contribution in [3.05, 3.63) is 30.0 Å². The Hall–Kier alpha value is -1.64. The lowest BCUT2D eigenvalue weighted by atomic mass is 9.77. The lowest BCUT2D eigenvalue weighted by molar-refractivity contribution is -0.251. The Kier molecular flexibility index (Phi) is 2.48. The fourth-order valence-electron chi connectivity index (χ4n) is 2.96. The van der Waals surface area contributed by atoms with Crippen LogP contribution in [-0.2, 0) is 5.41 Å². The molecule has 0 radical (unpaired) electrons. The van der Waals surface area contributed by atoms with Gasteiger partial charge in [0.1, 0.15) is 5.75 Å². The molecule has 1 aliphatic rings. The molecule has 108 valence electrons. The fraction of sp³-hybridized carbons (Fsp3) is 0.385. The van der Waals surface area contributed by atoms with Crippen LogP contribution < -0.4 is 5.32 Å². The normalized spacial score (nSPS) is 28.1. The quantitative estimate of drug-likeness (QED) is 0.349. The Morgan fingerprint density at radius 2 is 1.85 bits per heavy atom. The van der Waals surface area contributed by atoms with Gasteiger partial charge in [0, 0.05) is 23.5 Å². The first kappa shape index (κ1) is 13.3. The van der Waals surface area contributed by atoms with Crippen LogP contribution in [-0.4, -0.2) is 42.3 Å². The van der Waals surface area contributed by atoms with Crippen LogP contribution in [0.2, 0.25) is 0 Å². The average Bonchev–Trinajstić information content (AvgIpc) is 2.77. The van der Waals surface area contributed by atoms with Gasteiger partial charge in [-0.15, -0.1) is 0 Å². The molecule has 20 heavy (non-hydrogen) atoms. The first-order chi connectivity index (χ1) is 9.16. The minimum Gasteiger partial charge on any atom is -0.507 e. The van der Waals surface area contributed by atoms with Gasteiger partial charge in [-0.3, -0.25) is 0 Å². The van der Waals surface area contributed by atoms with Gasteiger partial charge in [-0.05, 0) is 24.6 Å². The molecule has 1 saturated heterocycles. The molecular formula is C13H16N2O5. The molecule has 3 rings (SSSR count). The monoisotopic (exact) mass is 280 g/mol. The fourth-order valence-corrected chi connectivity index (χ4v) is 2.96. The van der Waals surface area contributed by atoms with Crippen LogP contribution in [0.15, 0.2) is 24.4 Å². The summed E-state index contributed by atoms with van der Waals surface area (Å²) in [5.74, 6) is -4.97. The lowest BCUT2D eigenvalue weighted by Crippen LogP contribution is -2.56. The molecule has 0 bridgehead atoms. The number of rotatable bonds is 1. The third-order valence-electron chi connectivity index (χ3n) is 4.02. The van der Waals surface area contributed by atoms with Gasteiger partial charge in [0.15, 0.2) is 0 Å². The van der Waals surface area contributed by atoms with Crippen LogP contribution in [0.25, 0.3) is 10.9 Å². The van der Waals surface area contributed by atoms with E-state index in [0.717, 1.165) is 0 Å². The predicted octanol–water partition coefficient (Wildman–Crippen LogP) is -0.599. The molecule has 0 saturated carbocycles. The van der Waals surface area contributed by atoms with Crippen molar-refractivity contribution in [3.63, 3.8) is 0 Å². The van der Waals surface area contributed by atoms with E-state index in [1.54, 1.807) is 12.1 Å². The van der Waals surface area contributed by atoms with Crippen molar-refractivity contribution < 1.29 is 25.5 Å². The topological polar surface area (TPSA) is 129 Å². The summed E-state index contributed by atoms with van der Waals surface area (Å²) in [4.78, 5) is 2.92. The molecule has 1 aliphatic heterocycles. The summed E-state index contributed by atoms with van der Waals surface area (Å²) < 4.78 is 0. The van der Waals surface area contributed by atoms with Gasteiger partial charge in [0.2, 0.25) is 11.8 Å². The van der Waals surface area contributed by atoms with Gasteiger partial charge < -0.3 is 30.5 Å². The summed E-state index contributed by atoms with van der Waals surface area (Å²) in [5, 5.41) is 51.9. The van der Waals surface area contributed by atoms with Gasteiger partial charge in [-0.2, -0.15) is 0 Å². The zero-order valence-electron chi connectivity index (χ0n) is 10.8. The molecule has 1 unspecified atom stereocenters. The van der Waals surface area contributed by atoms with Crippen molar-refractivity contribution in [1.82, 2.24) is 10.3 Å². The van der Waals surface area contributed by atoms with Crippen LogP contribution >= 0.6 is 0 Å². The number of hydrogen-bond donors (Lipinski definition) is 7. The number of aromatic nitrogens is 1. The molecule has 0 amide bonds. The van der Waals surface area contributed by atoms with E-state index < -0.39 is 17.2 Å². The van der Waals surface area contributed by atoms with Crippen molar-refractivity contribution in [1.29, 1.82) is 0 Å². The summed E-state index contributed by atoms with van der Waals surface area (Å²) in [7, 11) is 0. The molecule has 1 aromatic carbocycles. The third-order valence-corrected chi connectivity index (χ3v) is 4.02. The Morgan fingerprint density at radius 3 is 2.45 bits per heavy atom. The zero-order valence-corrected chi connectivity index (χ0v) is 10.8. The number of aromatic amines is 1. The van der Waals surface area contributed by atoms with Crippen LogP contribution in [0.3, 0.4) is 0 Å². The smallest absolute Gasteiger partial charge is 0.236 e. The molecule has 2 aromatic rings. The summed E-state index contributed by atoms with van der Waals surface area (Å²) in [6.45, 7) is 1.48. The molecule has 7 nitrogen and oxygen atoms in total. The Balaban J connectivity index is 2.25. The maximum Gasteiger partial charge on any atom is 0.236 e. The van der Waals surface area contributed by atoms with Crippen molar-refractivity contribution in [2.45, 2.75) is 30.6 Å². The molecule has 1 fully saturated rings. The van der Waals surface area contributed by atoms with Crippen molar-refractivity contribution in [3.8, 4) is 5.75 Å². The van der Waals surface area contributed by atoms with Crippen LogP contribution in [0.4, 0.5) is 0 Å². The molecule has 2 heterocycles. The van der Waals surface area contributed by atoms with Crippen molar-refractivity contribution in [2.24, 2.45) is 0 Å². The van der Waals surface area contributed by atoms with E-state index in [2.05, 4.69) is 4.98 Å². The number of aliphatic hydroxyl groups is 4. The molecule has 1 atom stereocenters. The molecule has 0 spiro atoms. The Bertz CT molecular complexity index is 678. The van der Waals surface area contributed by atoms with Gasteiger partial charge in [0.05, 0.1) is 5.41 Å². The molecule has 1 aromatic heterocycles. The SMILES string of the molecule is CC1(c2c[nH]c3cccc(O)c23)CC(O)(O)NC1(O)O. The maximum atomic E-state index is 10.1. The molecule has 7 heteroatoms. The van der Waals surface area contributed by atoms with Gasteiger partial charge >= 0.3 is 0 Å². The van der Waals surface area contributed by atoms with Crippen LogP contribution in [0.5, 0.6) is 5.75 Å². The van der Waals surface area contributed by atoms with E-state index in [9.17, 15) is 25.5 Å². The van der Waals surface area contributed by atoms with E-state index in [-0.39, 0.29) is 12.2 Å². The van der Waals surface area contributed by atoms with Crippen molar-refractivity contribution >= 4 is 10.9 Å². The number of aromatic hydroxyl groups is 1. The number of phenolic OH excluding ortho intramolecular Hbond substituents is 1. The number of phenols is 1. The second-order valence-electron chi connectivity index (χ2n) is 5.52. The van der Waals surface area contributed by atoms with E-state index >= 15 is 0 Å². The van der Waals surface area contributed by atoms with Crippen LogP contribution in [0, 0.1) is 0 Å². The summed E-state index contributed by atoms with van der Waals surface area (Å²) >= 11 is 0. The lowest BCUT2D eigenvalue weighted by Gasteiger charge is -2.33. The second kappa shape index (κ2) is 3.72. The third kappa shape index (κ3) is 1.65. The zero-order chi connectivity index (χ0) is 14.8. The minimum absolute atomic E-state index is 0.0239. The van der Waals surface area contributed by atoms with E-state index in [1.165, 1.54) is 19.2 Å². The highest BCUT2D eigenvalue weighted by Gasteiger charge is 2.61. The van der Waals surface area contributed by atoms with Crippen LogP contribution in [0.1, 0.15) is 18.9 Å². The second-order valence-corrected chi connectivity index (χ2v) is 5.52. The van der Waals surface area contributed by atoms with E-state index in [0.29, 0.717) is 16.5 Å². The number of fused-ring (bicyclic) bond motifs is 1. The van der Waals surface area contributed by atoms with Gasteiger partial charge in [-0.25, -0.2) is 5.32 Å². The summed E-state index contributed by atoms with van der Waals surface area (Å²) in [6.07, 6.45) is 1.17. The standard InChI is InChI=1S/C13H16N2O5/c1-11(6-12(17,18)15-13(11,19)20)7-5-14-8-3-2-4-9(16)10(7)8/h2-5,14-20H,6H2,1H3. The average molecular weight is 280 g/mol. The first-order valence-electron chi connectivity index (χ1n) is 6.15. The van der Waals surface area contributed by atoms with Gasteiger partial charge in [-0.1, -0.05) is 6.07 Å². The molecule has 7 N–H and O–H groups in total. The summed E-state index contributed by atoms with van der Waals surface area (Å²) in [6, 6.07) is 4.86. The van der Waals surface area contributed by atoms with Gasteiger partial charge in [0.25, 0.3) is 0 Å². The van der Waals surface area contributed by atoms with E-state index in [4.69, 9.17) is 0 Å². The largest absolute Gasteiger partial charge is 0.507 e. The number of H-pyrrole nitrogens is 1. The minimum atomic E-state index is -2.53. The highest BCUT2D eigenvalue weighted by Crippen LogP contribution is 2.48. The van der Waals surface area contributed by atoms with Crippen molar-refractivity contribution in [2.75, 3.05) is 0 Å². The Morgan fingerprint density at radius 1 is 1.15 bits per heavy atom. The number of hydrogen-bond acceptors (Lipinski definition) is 6. The van der Waals surface area contributed by atoms with E-state index in [1.807, 2.05) is 5.32 Å². The highest BCUT2D eigenvalue weighted by atomic mass is 16.6. The highest BCUT2D eigenvalue weighted by molar-refractivity contribution is 5.90. The molecule has 0 aliphatic carbocycles. The number of nitrogens with one attached hydrogen (secondary N) is 2. The Labute approximate surface area is 114 Å². The first-order valence-corrected chi connectivity index (χ1v) is 6.15. The number of benzene rings is 1.